The van der Waals surface area contributed by atoms with Crippen LogP contribution in [0.15, 0.2) is 84.1 Å². The number of hydrogen-bond donors (Lipinski definition) is 2. The number of hydrogen-bond acceptors (Lipinski definition) is 14. The maximum atomic E-state index is 10.4. The van der Waals surface area contributed by atoms with Crippen LogP contribution in [0.1, 0.15) is 57.8 Å². The van der Waals surface area contributed by atoms with E-state index >= 15 is 0 Å². The van der Waals surface area contributed by atoms with Crippen LogP contribution in [0.5, 0.6) is 0 Å². The normalized spacial score (nSPS) is 20.7. The topological polar surface area (TPSA) is 138 Å². The van der Waals surface area contributed by atoms with Crippen molar-refractivity contribution in [3.63, 3.8) is 0 Å². The maximum absolute atomic E-state index is 10.4. The number of carbonyl (C=O) groups excluding carboxylic acids is 1. The van der Waals surface area contributed by atoms with Crippen molar-refractivity contribution >= 4 is 60.6 Å². The predicted octanol–water partition coefficient (Wildman–Crippen LogP) is 7.96. The maximum Gasteiger partial charge on any atom is 0.221 e. The third-order valence-electron chi connectivity index (χ3n) is 13.7. The van der Waals surface area contributed by atoms with Gasteiger partial charge in [-0.1, -0.05) is 60.7 Å². The van der Waals surface area contributed by atoms with Crippen molar-refractivity contribution in [3.05, 3.63) is 84.1 Å². The average Bonchev–Trinajstić information content (AvgIpc) is 4.24. The molecule has 0 saturated carbocycles. The van der Waals surface area contributed by atoms with E-state index in [9.17, 15) is 4.79 Å². The number of nitrogens with zero attached hydrogens (tertiary/aromatic N) is 8. The van der Waals surface area contributed by atoms with Crippen LogP contribution < -0.4 is 20.9 Å². The van der Waals surface area contributed by atoms with E-state index < -0.39 is 0 Å². The van der Waals surface area contributed by atoms with E-state index in [0.717, 1.165) is 119 Å². The lowest BCUT2D eigenvalue weighted by Crippen LogP contribution is -2.41. The number of carbonyl (C=O) groups is 1. The third-order valence-corrected chi connectivity index (χ3v) is 15.4. The monoisotopic (exact) mass is 930 g/mol. The summed E-state index contributed by atoms with van der Waals surface area (Å²) in [6.07, 6.45) is 14.8. The van der Waals surface area contributed by atoms with E-state index in [2.05, 4.69) is 106 Å². The number of ether oxygens (including phenoxy) is 2. The van der Waals surface area contributed by atoms with Gasteiger partial charge in [0.05, 0.1) is 42.1 Å². The predicted molar refractivity (Wildman–Crippen MR) is 270 cm³/mol. The van der Waals surface area contributed by atoms with Gasteiger partial charge in [-0.15, -0.1) is 22.7 Å². The molecule has 15 heteroatoms. The van der Waals surface area contributed by atoms with Gasteiger partial charge in [-0.05, 0) is 102 Å². The van der Waals surface area contributed by atoms with Gasteiger partial charge in [0.15, 0.2) is 0 Å². The van der Waals surface area contributed by atoms with Gasteiger partial charge in [-0.25, -0.2) is 19.9 Å². The van der Waals surface area contributed by atoms with Gasteiger partial charge >= 0.3 is 0 Å². The molecule has 0 radical (unpaired) electrons. The first-order chi connectivity index (χ1) is 32.6. The number of benzene rings is 2. The van der Waals surface area contributed by atoms with Gasteiger partial charge in [-0.2, -0.15) is 0 Å². The number of likely N-dealkylation sites (tertiary alicyclic amines) is 2. The van der Waals surface area contributed by atoms with Crippen molar-refractivity contribution in [2.24, 2.45) is 11.7 Å². The zero-order chi connectivity index (χ0) is 44.9. The van der Waals surface area contributed by atoms with Crippen molar-refractivity contribution < 1.29 is 14.3 Å². The van der Waals surface area contributed by atoms with Gasteiger partial charge in [0, 0.05) is 67.7 Å². The molecule has 66 heavy (non-hydrogen) atoms. The first-order valence-electron chi connectivity index (χ1n) is 24.3. The number of nitrogens with one attached hydrogen (secondary N) is 1. The Morgan fingerprint density at radius 1 is 0.621 bits per heavy atom. The molecule has 3 N–H and O–H groups in total. The van der Waals surface area contributed by atoms with Crippen LogP contribution >= 0.6 is 22.7 Å². The highest BCUT2D eigenvalue weighted by molar-refractivity contribution is 7.17. The number of rotatable bonds is 13. The van der Waals surface area contributed by atoms with Gasteiger partial charge in [0.1, 0.15) is 34.0 Å². The molecular weight excluding hydrogens is 865 g/mol. The van der Waals surface area contributed by atoms with Crippen LogP contribution in [0.25, 0.3) is 42.7 Å². The Kier molecular flexibility index (Phi) is 16.5. The van der Waals surface area contributed by atoms with Crippen LogP contribution in [-0.2, 0) is 14.3 Å². The summed E-state index contributed by atoms with van der Waals surface area (Å²) in [6, 6.07) is 21.1. The Morgan fingerprint density at radius 3 is 1.65 bits per heavy atom. The number of nitrogens with two attached hydrogens (primary N) is 1. The Hall–Kier alpha value is -4.61. The van der Waals surface area contributed by atoms with Crippen molar-refractivity contribution in [3.8, 4) is 22.3 Å². The Morgan fingerprint density at radius 2 is 1.15 bits per heavy atom. The molecule has 9 heterocycles. The van der Waals surface area contributed by atoms with Crippen molar-refractivity contribution in [2.75, 3.05) is 102 Å². The van der Waals surface area contributed by atoms with E-state index in [1.807, 2.05) is 0 Å². The SMILES string of the molecule is NC(=O)C1CCNC1.c1ccc(-c2csc3ncnc(N4CCC(OCCN5CCCC5)CC4)c23)cc1.c1ccc(-c2csc3ncnc(N4CCCC(OCCN5CCCC5)C4)c23)cc1. The summed E-state index contributed by atoms with van der Waals surface area (Å²) in [7, 11) is 0. The van der Waals surface area contributed by atoms with Gasteiger partial charge < -0.3 is 40.1 Å². The van der Waals surface area contributed by atoms with Gasteiger partial charge in [-0.3, -0.25) is 4.79 Å². The smallest absolute Gasteiger partial charge is 0.221 e. The molecular formula is C51H66N10O3S2. The zero-order valence-electron chi connectivity index (χ0n) is 38.3. The Balaban J connectivity index is 0.000000142. The summed E-state index contributed by atoms with van der Waals surface area (Å²) in [4.78, 5) is 40.9. The highest BCUT2D eigenvalue weighted by Gasteiger charge is 2.27. The lowest BCUT2D eigenvalue weighted by molar-refractivity contribution is -0.121. The second kappa shape index (κ2) is 23.4. The first kappa shape index (κ1) is 46.5. The van der Waals surface area contributed by atoms with Crippen LogP contribution in [0, 0.1) is 5.92 Å². The molecule has 2 unspecified atom stereocenters. The standard InChI is InChI=1S/2C23H28N4OS.C5H10N2O/c1-2-7-18(8-3-1)20-16-29-23-21(20)22(24-17-25-23)27-12-6-9-19(15-27)28-14-13-26-10-4-5-11-26;1-2-6-18(7-3-1)20-16-29-23-21(20)22(24-17-25-23)27-12-8-19(9-13-27)28-15-14-26-10-4-5-11-26;6-5(8)4-1-2-7-3-4/h1-3,7-8,16-17,19H,4-6,9-15H2;1-3,6-7,16-17,19H,4-5,8-15H2;4,7H,1-3H2,(H2,6,8). The highest BCUT2D eigenvalue weighted by atomic mass is 32.1. The third kappa shape index (κ3) is 11.9. The number of amides is 1. The summed E-state index contributed by atoms with van der Waals surface area (Å²) in [5.41, 5.74) is 9.95. The van der Waals surface area contributed by atoms with Gasteiger partial charge in [0.2, 0.25) is 5.91 Å². The number of piperidine rings is 2. The summed E-state index contributed by atoms with van der Waals surface area (Å²) >= 11 is 3.40. The van der Waals surface area contributed by atoms with E-state index in [-0.39, 0.29) is 17.9 Å². The molecule has 4 aromatic heterocycles. The number of anilines is 2. The molecule has 2 atom stereocenters. The van der Waals surface area contributed by atoms with E-state index in [0.29, 0.717) is 6.10 Å². The molecule has 5 fully saturated rings. The molecule has 6 aromatic rings. The minimum atomic E-state index is -0.171. The summed E-state index contributed by atoms with van der Waals surface area (Å²) in [5, 5.41) is 9.86. The van der Waals surface area contributed by atoms with Crippen LogP contribution in [-0.4, -0.2) is 140 Å². The molecule has 0 aliphatic carbocycles. The molecule has 350 valence electrons. The molecule has 5 aliphatic rings. The summed E-state index contributed by atoms with van der Waals surface area (Å²) < 4.78 is 12.5. The van der Waals surface area contributed by atoms with E-state index in [4.69, 9.17) is 25.2 Å². The molecule has 5 saturated heterocycles. The second-order valence-corrected chi connectivity index (χ2v) is 19.8. The Labute approximate surface area is 397 Å². The highest BCUT2D eigenvalue weighted by Crippen LogP contribution is 2.40. The summed E-state index contributed by atoms with van der Waals surface area (Å²) in [6.45, 7) is 14.5. The Bertz CT molecular complexity index is 2410. The fourth-order valence-electron chi connectivity index (χ4n) is 9.97. The zero-order valence-corrected chi connectivity index (χ0v) is 39.9. The molecule has 2 aromatic carbocycles. The van der Waals surface area contributed by atoms with E-state index in [1.165, 1.54) is 84.9 Å². The number of aromatic nitrogens is 4. The molecule has 0 bridgehead atoms. The van der Waals surface area contributed by atoms with Crippen molar-refractivity contribution in [1.29, 1.82) is 0 Å². The second-order valence-electron chi connectivity index (χ2n) is 18.1. The van der Waals surface area contributed by atoms with Gasteiger partial charge in [0.25, 0.3) is 0 Å². The lowest BCUT2D eigenvalue weighted by atomic mass is 10.0. The van der Waals surface area contributed by atoms with Crippen LogP contribution in [0.2, 0.25) is 0 Å². The molecule has 1 amide bonds. The number of fused-ring (bicyclic) bond motifs is 2. The summed E-state index contributed by atoms with van der Waals surface area (Å²) in [5.74, 6) is 2.05. The quantitative estimate of drug-likeness (QED) is 0.116. The van der Waals surface area contributed by atoms with Crippen LogP contribution in [0.3, 0.4) is 0 Å². The van der Waals surface area contributed by atoms with Crippen molar-refractivity contribution in [2.45, 2.75) is 70.0 Å². The largest absolute Gasteiger partial charge is 0.377 e. The molecule has 0 spiro atoms. The number of thiophene rings is 2. The van der Waals surface area contributed by atoms with E-state index in [1.54, 1.807) is 35.3 Å². The first-order valence-corrected chi connectivity index (χ1v) is 26.1. The molecule has 13 nitrogen and oxygen atoms in total. The minimum Gasteiger partial charge on any atom is -0.377 e. The van der Waals surface area contributed by atoms with Crippen LogP contribution in [0.4, 0.5) is 11.6 Å². The fourth-order valence-corrected chi connectivity index (χ4v) is 11.8. The minimum absolute atomic E-state index is 0.0926. The molecule has 5 aliphatic heterocycles. The average molecular weight is 931 g/mol. The molecule has 11 rings (SSSR count). The lowest BCUT2D eigenvalue weighted by Gasteiger charge is -2.34. The number of primary amides is 1. The van der Waals surface area contributed by atoms with Crippen molar-refractivity contribution in [1.82, 2.24) is 35.1 Å². The fraction of sp³-hybridized carbons (Fsp3) is 0.510.